The zero-order valence-corrected chi connectivity index (χ0v) is 10.2. The number of primary amides is 1. The molecule has 0 aliphatic rings. The van der Waals surface area contributed by atoms with E-state index in [-0.39, 0.29) is 12.2 Å². The van der Waals surface area contributed by atoms with Crippen molar-refractivity contribution in [2.45, 2.75) is 6.42 Å². The summed E-state index contributed by atoms with van der Waals surface area (Å²) < 4.78 is 0. The molecule has 0 spiro atoms. The summed E-state index contributed by atoms with van der Waals surface area (Å²) in [6.45, 7) is 0. The van der Waals surface area contributed by atoms with Crippen LogP contribution in [0.25, 0.3) is 0 Å². The molecule has 0 radical (unpaired) electrons. The van der Waals surface area contributed by atoms with E-state index >= 15 is 0 Å². The van der Waals surface area contributed by atoms with E-state index in [9.17, 15) is 9.59 Å². The van der Waals surface area contributed by atoms with Crippen molar-refractivity contribution in [1.29, 1.82) is 0 Å². The summed E-state index contributed by atoms with van der Waals surface area (Å²) in [7, 11) is 0. The molecule has 2 rings (SSSR count). The lowest BCUT2D eigenvalue weighted by Crippen LogP contribution is -2.14. The maximum absolute atomic E-state index is 12.1. The molecule has 5 heteroatoms. The largest absolute Gasteiger partial charge is 0.399 e. The van der Waals surface area contributed by atoms with Crippen LogP contribution in [0.3, 0.4) is 0 Å². The molecule has 0 saturated carbocycles. The van der Waals surface area contributed by atoms with E-state index in [2.05, 4.69) is 4.98 Å². The third kappa shape index (κ3) is 3.16. The van der Waals surface area contributed by atoms with E-state index in [4.69, 9.17) is 11.5 Å². The molecule has 0 aliphatic heterocycles. The number of nitrogens with two attached hydrogens (primary N) is 2. The summed E-state index contributed by atoms with van der Waals surface area (Å²) >= 11 is 0. The van der Waals surface area contributed by atoms with Crippen LogP contribution in [-0.2, 0) is 11.2 Å². The van der Waals surface area contributed by atoms with Gasteiger partial charge in [-0.1, -0.05) is 0 Å². The lowest BCUT2D eigenvalue weighted by Gasteiger charge is -2.02. The molecule has 0 aliphatic carbocycles. The Bertz CT molecular complexity index is 604. The average molecular weight is 255 g/mol. The summed E-state index contributed by atoms with van der Waals surface area (Å²) in [5, 5.41) is 0. The molecular weight excluding hydrogens is 242 g/mol. The summed E-state index contributed by atoms with van der Waals surface area (Å²) in [6.07, 6.45) is 1.51. The molecule has 5 nitrogen and oxygen atoms in total. The van der Waals surface area contributed by atoms with Crippen molar-refractivity contribution in [1.82, 2.24) is 4.98 Å². The highest BCUT2D eigenvalue weighted by Crippen LogP contribution is 2.11. The van der Waals surface area contributed by atoms with Crippen molar-refractivity contribution in [2.75, 3.05) is 5.73 Å². The fraction of sp³-hybridized carbons (Fsp3) is 0.0714. The fourth-order valence-corrected chi connectivity index (χ4v) is 1.64. The van der Waals surface area contributed by atoms with Crippen LogP contribution in [0, 0.1) is 0 Å². The maximum Gasteiger partial charge on any atom is 0.223 e. The topological polar surface area (TPSA) is 99.1 Å². The third-order valence-electron chi connectivity index (χ3n) is 2.62. The predicted octanol–water partition coefficient (Wildman–Crippen LogP) is 0.923. The maximum atomic E-state index is 12.1. The smallest absolute Gasteiger partial charge is 0.223 e. The van der Waals surface area contributed by atoms with Gasteiger partial charge < -0.3 is 11.5 Å². The van der Waals surface area contributed by atoms with Crippen LogP contribution >= 0.6 is 0 Å². The number of benzene rings is 1. The number of ketones is 1. The Morgan fingerprint density at radius 1 is 1.00 bits per heavy atom. The average Bonchev–Trinajstić information content (AvgIpc) is 2.39. The number of nitrogen functional groups attached to an aromatic ring is 1. The van der Waals surface area contributed by atoms with Crippen molar-refractivity contribution in [3.8, 4) is 0 Å². The van der Waals surface area contributed by atoms with Gasteiger partial charge in [0.05, 0.1) is 6.42 Å². The van der Waals surface area contributed by atoms with Crippen molar-refractivity contribution in [3.05, 3.63) is 59.4 Å². The number of anilines is 1. The Morgan fingerprint density at radius 3 is 2.16 bits per heavy atom. The van der Waals surface area contributed by atoms with Gasteiger partial charge in [-0.05, 0) is 36.4 Å². The quantitative estimate of drug-likeness (QED) is 0.626. The number of hydrogen-bond donors (Lipinski definition) is 2. The van der Waals surface area contributed by atoms with Gasteiger partial charge in [-0.2, -0.15) is 0 Å². The number of carbonyl (C=O) groups excluding carboxylic acids is 2. The lowest BCUT2D eigenvalue weighted by molar-refractivity contribution is -0.117. The predicted molar refractivity (Wildman–Crippen MR) is 71.4 cm³/mol. The Kier molecular flexibility index (Phi) is 3.56. The molecule has 0 bridgehead atoms. The molecule has 2 aromatic rings. The summed E-state index contributed by atoms with van der Waals surface area (Å²) in [5.41, 5.74) is 12.8. The molecule has 1 amide bonds. The van der Waals surface area contributed by atoms with Crippen LogP contribution in [0.5, 0.6) is 0 Å². The van der Waals surface area contributed by atoms with Gasteiger partial charge in [0.15, 0.2) is 5.78 Å². The SMILES string of the molecule is NC(=O)Cc1ccc(C(=O)c2ccc(N)cc2)cn1. The van der Waals surface area contributed by atoms with Crippen molar-refractivity contribution < 1.29 is 9.59 Å². The summed E-state index contributed by atoms with van der Waals surface area (Å²) in [6, 6.07) is 9.91. The summed E-state index contributed by atoms with van der Waals surface area (Å²) in [4.78, 5) is 26.9. The first kappa shape index (κ1) is 12.8. The van der Waals surface area contributed by atoms with Gasteiger partial charge in [-0.3, -0.25) is 14.6 Å². The second kappa shape index (κ2) is 5.30. The third-order valence-corrected chi connectivity index (χ3v) is 2.62. The van der Waals surface area contributed by atoms with E-state index in [1.54, 1.807) is 36.4 Å². The minimum Gasteiger partial charge on any atom is -0.399 e. The minimum absolute atomic E-state index is 0.0658. The highest BCUT2D eigenvalue weighted by molar-refractivity contribution is 6.08. The second-order valence-corrected chi connectivity index (χ2v) is 4.13. The van der Waals surface area contributed by atoms with Crippen molar-refractivity contribution >= 4 is 17.4 Å². The first-order valence-electron chi connectivity index (χ1n) is 5.70. The molecule has 0 fully saturated rings. The Hall–Kier alpha value is -2.69. The zero-order valence-electron chi connectivity index (χ0n) is 10.2. The minimum atomic E-state index is -0.454. The normalized spacial score (nSPS) is 10.1. The number of nitrogens with zero attached hydrogens (tertiary/aromatic N) is 1. The number of carbonyl (C=O) groups is 2. The molecule has 1 heterocycles. The fourth-order valence-electron chi connectivity index (χ4n) is 1.64. The number of amides is 1. The number of rotatable bonds is 4. The molecule has 19 heavy (non-hydrogen) atoms. The molecule has 1 aromatic heterocycles. The molecule has 96 valence electrons. The van der Waals surface area contributed by atoms with E-state index in [0.29, 0.717) is 22.5 Å². The summed E-state index contributed by atoms with van der Waals surface area (Å²) in [5.74, 6) is -0.594. The van der Waals surface area contributed by atoms with Crippen molar-refractivity contribution in [2.24, 2.45) is 5.73 Å². The second-order valence-electron chi connectivity index (χ2n) is 4.13. The Balaban J connectivity index is 2.20. The van der Waals surface area contributed by atoms with Crippen LogP contribution in [0.4, 0.5) is 5.69 Å². The highest BCUT2D eigenvalue weighted by atomic mass is 16.1. The van der Waals surface area contributed by atoms with Gasteiger partial charge in [0, 0.05) is 28.7 Å². The molecule has 1 aromatic carbocycles. The van der Waals surface area contributed by atoms with Gasteiger partial charge in [-0.15, -0.1) is 0 Å². The monoisotopic (exact) mass is 255 g/mol. The van der Waals surface area contributed by atoms with E-state index in [1.165, 1.54) is 6.20 Å². The molecular formula is C14H13N3O2. The van der Waals surface area contributed by atoms with Crippen LogP contribution in [0.2, 0.25) is 0 Å². The number of hydrogen-bond acceptors (Lipinski definition) is 4. The van der Waals surface area contributed by atoms with Gasteiger partial charge in [0.1, 0.15) is 0 Å². The molecule has 0 atom stereocenters. The molecule has 0 unspecified atom stereocenters. The van der Waals surface area contributed by atoms with Gasteiger partial charge >= 0.3 is 0 Å². The van der Waals surface area contributed by atoms with E-state index < -0.39 is 5.91 Å². The van der Waals surface area contributed by atoms with Gasteiger partial charge in [-0.25, -0.2) is 0 Å². The molecule has 4 N–H and O–H groups in total. The number of aromatic nitrogens is 1. The van der Waals surface area contributed by atoms with E-state index in [1.807, 2.05) is 0 Å². The Labute approximate surface area is 110 Å². The highest BCUT2D eigenvalue weighted by Gasteiger charge is 2.09. The first-order valence-corrected chi connectivity index (χ1v) is 5.70. The Morgan fingerprint density at radius 2 is 1.63 bits per heavy atom. The first-order chi connectivity index (χ1) is 9.06. The van der Waals surface area contributed by atoms with Crippen LogP contribution in [-0.4, -0.2) is 16.7 Å². The van der Waals surface area contributed by atoms with Crippen LogP contribution < -0.4 is 11.5 Å². The van der Waals surface area contributed by atoms with Crippen molar-refractivity contribution in [3.63, 3.8) is 0 Å². The zero-order chi connectivity index (χ0) is 13.8. The number of pyridine rings is 1. The van der Waals surface area contributed by atoms with Crippen LogP contribution in [0.15, 0.2) is 42.6 Å². The standard InChI is InChI=1S/C14H13N3O2/c15-11-4-1-9(2-5-11)14(19)10-3-6-12(17-8-10)7-13(16)18/h1-6,8H,7,15H2,(H2,16,18). The van der Waals surface area contributed by atoms with Gasteiger partial charge in [0.2, 0.25) is 5.91 Å². The van der Waals surface area contributed by atoms with E-state index in [0.717, 1.165) is 0 Å². The lowest BCUT2D eigenvalue weighted by atomic mass is 10.0. The van der Waals surface area contributed by atoms with Gasteiger partial charge in [0.25, 0.3) is 0 Å². The molecule has 0 saturated heterocycles. The van der Waals surface area contributed by atoms with Crippen LogP contribution in [0.1, 0.15) is 21.6 Å².